The molecule has 0 unspecified atom stereocenters. The molecule has 0 atom stereocenters. The van der Waals surface area contributed by atoms with Crippen molar-refractivity contribution in [1.82, 2.24) is 0 Å². The van der Waals surface area contributed by atoms with E-state index in [0.29, 0.717) is 28.0 Å². The lowest BCUT2D eigenvalue weighted by atomic mass is 9.67. The second kappa shape index (κ2) is 15.4. The number of anilines is 3. The summed E-state index contributed by atoms with van der Waals surface area (Å²) in [5.41, 5.74) is 9.00. The minimum atomic E-state index is -0.934. The first-order valence-corrected chi connectivity index (χ1v) is 22.3. The van der Waals surface area contributed by atoms with Gasteiger partial charge in [0.1, 0.15) is 11.2 Å². The fraction of sp³-hybridized carbons (Fsp3) is 0.143. The van der Waals surface area contributed by atoms with E-state index in [9.17, 15) is 11.0 Å². The summed E-state index contributed by atoms with van der Waals surface area (Å²) in [6.45, 7) is 13.2. The van der Waals surface area contributed by atoms with Crippen molar-refractivity contribution in [2.75, 3.05) is 4.90 Å². The van der Waals surface area contributed by atoms with Crippen molar-refractivity contribution in [1.29, 1.82) is 0 Å². The van der Waals surface area contributed by atoms with E-state index in [2.05, 4.69) is 108 Å². The molecule has 65 heavy (non-hydrogen) atoms. The van der Waals surface area contributed by atoms with Gasteiger partial charge in [-0.15, -0.1) is 0 Å². The third kappa shape index (κ3) is 6.79. The maximum absolute atomic E-state index is 9.96. The van der Waals surface area contributed by atoms with Gasteiger partial charge in [-0.05, 0) is 114 Å². The number of furan rings is 1. The lowest BCUT2D eigenvalue weighted by molar-refractivity contribution is 0.588. The first kappa shape index (κ1) is 32.3. The molecule has 0 fully saturated rings. The van der Waals surface area contributed by atoms with E-state index in [4.69, 9.17) is 4.42 Å². The Hall–Kier alpha value is -7.42. The Morgan fingerprint density at radius 2 is 0.938 bits per heavy atom. The number of hydrogen-bond acceptors (Lipinski definition) is 2. The number of fused-ring (bicyclic) bond motifs is 6. The first-order valence-electron chi connectivity index (χ1n) is 26.3. The zero-order valence-electron chi connectivity index (χ0n) is 45.4. The maximum atomic E-state index is 9.96. The van der Waals surface area contributed by atoms with Crippen LogP contribution in [0.4, 0.5) is 17.1 Å². The van der Waals surface area contributed by atoms with Gasteiger partial charge in [-0.25, -0.2) is 0 Å². The molecule has 0 saturated carbocycles. The largest absolute Gasteiger partial charge is 0.455 e. The average Bonchev–Trinajstić information content (AvgIpc) is 3.92. The Kier molecular flexibility index (Phi) is 7.64. The molecule has 2 nitrogen and oxygen atoms in total. The van der Waals surface area contributed by atoms with Crippen LogP contribution in [0.3, 0.4) is 0 Å². The molecule has 2 heteroatoms. The molecule has 9 aromatic carbocycles. The van der Waals surface area contributed by atoms with E-state index in [1.165, 1.54) is 16.0 Å². The van der Waals surface area contributed by atoms with Crippen molar-refractivity contribution in [3.05, 3.63) is 246 Å². The lowest BCUT2D eigenvalue weighted by Crippen LogP contribution is -2.29. The van der Waals surface area contributed by atoms with Crippen molar-refractivity contribution >= 4 is 39.0 Å². The zero-order chi connectivity index (χ0) is 51.5. The SMILES string of the molecule is [2H]c1c([2H])c(N(c2ccc3c(c2)C(c2ccc(C(C)(C)C)cc2)(c2ccc(C(C)(C)C)cc2)c2ccccc2-3)c2c([2H])c([2H])c(-c3cccc4c3oc3ccccc34)c([2H])c2[2H])c([2H])c([2H])c1-c1ccccc1. The second-order valence-corrected chi connectivity index (χ2v) is 19.1. The van der Waals surface area contributed by atoms with E-state index in [1.807, 2.05) is 66.7 Å². The van der Waals surface area contributed by atoms with Gasteiger partial charge in [0, 0.05) is 33.4 Å². The van der Waals surface area contributed by atoms with Gasteiger partial charge in [-0.2, -0.15) is 0 Å². The quantitative estimate of drug-likeness (QED) is 0.159. The highest BCUT2D eigenvalue weighted by molar-refractivity contribution is 6.09. The number of para-hydroxylation sites is 2. The Morgan fingerprint density at radius 3 is 1.57 bits per heavy atom. The summed E-state index contributed by atoms with van der Waals surface area (Å²) in [6, 6.07) is 50.6. The summed E-state index contributed by atoms with van der Waals surface area (Å²) in [6.07, 6.45) is 0. The van der Waals surface area contributed by atoms with Gasteiger partial charge in [-0.1, -0.05) is 211 Å². The van der Waals surface area contributed by atoms with E-state index >= 15 is 0 Å². The number of hydrogen-bond donors (Lipinski definition) is 0. The highest BCUT2D eigenvalue weighted by Crippen LogP contribution is 2.57. The van der Waals surface area contributed by atoms with Crippen LogP contribution >= 0.6 is 0 Å². The molecule has 0 spiro atoms. The van der Waals surface area contributed by atoms with Crippen LogP contribution < -0.4 is 4.90 Å². The molecule has 1 aliphatic rings. The predicted molar refractivity (Wildman–Crippen MR) is 274 cm³/mol. The molecule has 0 saturated heterocycles. The summed E-state index contributed by atoms with van der Waals surface area (Å²) >= 11 is 0. The summed E-state index contributed by atoms with van der Waals surface area (Å²) < 4.78 is 84.5. The monoisotopic (exact) mass is 847 g/mol. The normalized spacial score (nSPS) is 14.9. The fourth-order valence-corrected chi connectivity index (χ4v) is 9.67. The Labute approximate surface area is 394 Å². The van der Waals surface area contributed by atoms with Crippen molar-refractivity contribution in [3.8, 4) is 33.4 Å². The van der Waals surface area contributed by atoms with Crippen LogP contribution in [0.5, 0.6) is 0 Å². The molecule has 0 N–H and O–H groups in total. The van der Waals surface area contributed by atoms with Gasteiger partial charge in [0.25, 0.3) is 0 Å². The van der Waals surface area contributed by atoms with Crippen LogP contribution in [0.1, 0.15) is 85.9 Å². The van der Waals surface area contributed by atoms with Gasteiger partial charge < -0.3 is 9.32 Å². The number of benzene rings is 9. The zero-order valence-corrected chi connectivity index (χ0v) is 37.4. The minimum absolute atomic E-state index is 0.0307. The fourth-order valence-electron chi connectivity index (χ4n) is 9.67. The molecule has 10 aromatic rings. The summed E-state index contributed by atoms with van der Waals surface area (Å²) in [5.74, 6) is 0. The molecule has 0 bridgehead atoms. The van der Waals surface area contributed by atoms with Gasteiger partial charge in [0.05, 0.1) is 16.4 Å². The smallest absolute Gasteiger partial charge is 0.143 e. The number of nitrogens with zero attached hydrogens (tertiary/aromatic N) is 1. The highest BCUT2D eigenvalue weighted by Gasteiger charge is 2.46. The topological polar surface area (TPSA) is 16.4 Å². The predicted octanol–water partition coefficient (Wildman–Crippen LogP) is 17.3. The van der Waals surface area contributed by atoms with Crippen LogP contribution in [0.15, 0.2) is 217 Å². The molecular weight excluding hydrogens is 787 g/mol. The number of rotatable bonds is 7. The Bertz CT molecular complexity index is 3730. The van der Waals surface area contributed by atoms with E-state index < -0.39 is 29.6 Å². The van der Waals surface area contributed by atoms with Crippen LogP contribution in [0.2, 0.25) is 0 Å². The Morgan fingerprint density at radius 1 is 0.415 bits per heavy atom. The summed E-state index contributed by atoms with van der Waals surface area (Å²) in [7, 11) is 0. The van der Waals surface area contributed by atoms with Crippen molar-refractivity contribution in [2.45, 2.75) is 57.8 Å². The van der Waals surface area contributed by atoms with Gasteiger partial charge >= 0.3 is 0 Å². The third-order valence-corrected chi connectivity index (χ3v) is 13.1. The second-order valence-electron chi connectivity index (χ2n) is 19.1. The van der Waals surface area contributed by atoms with Crippen LogP contribution in [-0.2, 0) is 16.2 Å². The summed E-state index contributed by atoms with van der Waals surface area (Å²) in [4.78, 5) is 1.42. The van der Waals surface area contributed by atoms with Gasteiger partial charge in [-0.3, -0.25) is 0 Å². The van der Waals surface area contributed by atoms with Crippen molar-refractivity contribution < 1.29 is 15.4 Å². The average molecular weight is 848 g/mol. The summed E-state index contributed by atoms with van der Waals surface area (Å²) in [5, 5.41) is 1.62. The third-order valence-electron chi connectivity index (χ3n) is 13.1. The molecule has 0 aliphatic heterocycles. The minimum Gasteiger partial charge on any atom is -0.455 e. The standard InChI is InChI=1S/C63H53NO/c1-61(2,3)45-27-31-47(32-28-45)63(48-33-29-46(30-34-48)62(4,5)6)57-21-12-10-17-53(57)54-40-39-51(41-58(54)63)64(49-35-23-43(24-36-49)42-15-8-7-9-16-42)50-37-25-44(26-38-50)52-19-14-20-56-55-18-11-13-22-59(55)65-60(52)56/h7-41H,1-6H3/i23D,24D,25D,26D,35D,36D,37D,38D. The molecule has 0 radical (unpaired) electrons. The van der Waals surface area contributed by atoms with E-state index in [0.717, 1.165) is 44.2 Å². The van der Waals surface area contributed by atoms with Crippen molar-refractivity contribution in [2.24, 2.45) is 0 Å². The highest BCUT2D eigenvalue weighted by atomic mass is 16.3. The molecular formula is C63H53NO. The Balaban J connectivity index is 1.23. The molecule has 1 aromatic heterocycles. The first-order chi connectivity index (χ1) is 34.8. The lowest BCUT2D eigenvalue weighted by Gasteiger charge is -2.36. The molecule has 1 heterocycles. The van der Waals surface area contributed by atoms with Crippen molar-refractivity contribution in [3.63, 3.8) is 0 Å². The molecule has 11 rings (SSSR count). The molecule has 316 valence electrons. The van der Waals surface area contributed by atoms with Gasteiger partial charge in [0.15, 0.2) is 0 Å². The molecule has 0 amide bonds. The molecule has 1 aliphatic carbocycles. The van der Waals surface area contributed by atoms with Crippen LogP contribution in [0, 0.1) is 0 Å². The maximum Gasteiger partial charge on any atom is 0.143 e. The van der Waals surface area contributed by atoms with E-state index in [1.54, 1.807) is 30.3 Å². The van der Waals surface area contributed by atoms with E-state index in [-0.39, 0.29) is 57.5 Å². The van der Waals surface area contributed by atoms with Crippen LogP contribution in [0.25, 0.3) is 55.3 Å². The van der Waals surface area contributed by atoms with Gasteiger partial charge in [0.2, 0.25) is 0 Å². The van der Waals surface area contributed by atoms with Crippen LogP contribution in [-0.4, -0.2) is 0 Å².